The molecule has 0 aliphatic heterocycles. The average molecular weight is 204 g/mol. The summed E-state index contributed by atoms with van der Waals surface area (Å²) in [5.41, 5.74) is 0. The molecular weight excluding hydrogens is 197 g/mol. The standard InChI is InChI=1S/C3H6BrNO2.ClH/c4-1-2-5-3(6)7;/h5H,1-2H2,(H,6,7);1H. The van der Waals surface area contributed by atoms with Gasteiger partial charge in [-0.05, 0) is 0 Å². The molecule has 0 aliphatic rings. The van der Waals surface area contributed by atoms with E-state index in [0.29, 0.717) is 11.9 Å². The lowest BCUT2D eigenvalue weighted by atomic mass is 10.8. The Hall–Kier alpha value is 0.0400. The van der Waals surface area contributed by atoms with E-state index in [9.17, 15) is 4.79 Å². The Balaban J connectivity index is 0. The Bertz CT molecular complexity index is 70.3. The molecule has 1 amide bonds. The maximum absolute atomic E-state index is 9.63. The maximum Gasteiger partial charge on any atom is 0.404 e. The van der Waals surface area contributed by atoms with Gasteiger partial charge in [0.1, 0.15) is 0 Å². The van der Waals surface area contributed by atoms with Gasteiger partial charge in [-0.25, -0.2) is 4.79 Å². The average Bonchev–Trinajstić information content (AvgIpc) is 1.61. The first kappa shape index (κ1) is 10.9. The lowest BCUT2D eigenvalue weighted by Gasteiger charge is -1.90. The first-order valence-corrected chi connectivity index (χ1v) is 2.92. The van der Waals surface area contributed by atoms with Crippen molar-refractivity contribution in [1.29, 1.82) is 0 Å². The highest BCUT2D eigenvalue weighted by Gasteiger charge is 1.87. The van der Waals surface area contributed by atoms with E-state index in [0.717, 1.165) is 0 Å². The van der Waals surface area contributed by atoms with Gasteiger partial charge >= 0.3 is 6.09 Å². The Morgan fingerprint density at radius 2 is 2.25 bits per heavy atom. The molecule has 3 nitrogen and oxygen atoms in total. The summed E-state index contributed by atoms with van der Waals surface area (Å²) < 4.78 is 0. The quantitative estimate of drug-likeness (QED) is 0.661. The molecule has 0 saturated carbocycles. The van der Waals surface area contributed by atoms with Crippen LogP contribution in [0.4, 0.5) is 4.79 Å². The van der Waals surface area contributed by atoms with E-state index in [1.807, 2.05) is 0 Å². The molecule has 50 valence electrons. The van der Waals surface area contributed by atoms with Gasteiger partial charge in [0.15, 0.2) is 0 Å². The Labute approximate surface area is 62.0 Å². The molecule has 0 spiro atoms. The predicted octanol–water partition coefficient (Wildman–Crippen LogP) is 1.07. The van der Waals surface area contributed by atoms with Crippen molar-refractivity contribution in [1.82, 2.24) is 5.32 Å². The second kappa shape index (κ2) is 7.04. The van der Waals surface area contributed by atoms with Gasteiger partial charge in [0.2, 0.25) is 0 Å². The predicted molar refractivity (Wildman–Crippen MR) is 37.1 cm³/mol. The zero-order chi connectivity index (χ0) is 5.70. The highest BCUT2D eigenvalue weighted by atomic mass is 79.9. The fourth-order valence-electron chi connectivity index (χ4n) is 0.154. The van der Waals surface area contributed by atoms with Gasteiger partial charge in [-0.3, -0.25) is 0 Å². The molecule has 0 saturated heterocycles. The van der Waals surface area contributed by atoms with Gasteiger partial charge < -0.3 is 10.4 Å². The minimum atomic E-state index is -0.973. The van der Waals surface area contributed by atoms with Crippen LogP contribution in [-0.2, 0) is 0 Å². The van der Waals surface area contributed by atoms with E-state index in [2.05, 4.69) is 21.2 Å². The SMILES string of the molecule is Cl.O=C(O)NCCBr. The van der Waals surface area contributed by atoms with Crippen molar-refractivity contribution in [2.75, 3.05) is 11.9 Å². The van der Waals surface area contributed by atoms with Crippen molar-refractivity contribution in [3.05, 3.63) is 0 Å². The molecule has 0 aromatic heterocycles. The smallest absolute Gasteiger partial charge is 0.404 e. The van der Waals surface area contributed by atoms with E-state index in [4.69, 9.17) is 5.11 Å². The van der Waals surface area contributed by atoms with Gasteiger partial charge in [0, 0.05) is 11.9 Å². The van der Waals surface area contributed by atoms with Crippen molar-refractivity contribution in [3.63, 3.8) is 0 Å². The van der Waals surface area contributed by atoms with Crippen molar-refractivity contribution < 1.29 is 9.90 Å². The van der Waals surface area contributed by atoms with Crippen LogP contribution in [0.15, 0.2) is 0 Å². The fourth-order valence-corrected chi connectivity index (χ4v) is 0.352. The topological polar surface area (TPSA) is 49.3 Å². The molecule has 5 heteroatoms. The molecule has 0 aromatic carbocycles. The summed E-state index contributed by atoms with van der Waals surface area (Å²) in [5.74, 6) is 0. The van der Waals surface area contributed by atoms with E-state index < -0.39 is 6.09 Å². The molecule has 0 aromatic rings. The monoisotopic (exact) mass is 203 g/mol. The molecular formula is C3H7BrClNO2. The molecule has 2 N–H and O–H groups in total. The lowest BCUT2D eigenvalue weighted by molar-refractivity contribution is 0.195. The molecule has 0 atom stereocenters. The van der Waals surface area contributed by atoms with Crippen LogP contribution in [-0.4, -0.2) is 23.1 Å². The van der Waals surface area contributed by atoms with Crippen LogP contribution in [0.2, 0.25) is 0 Å². The van der Waals surface area contributed by atoms with Crippen molar-refractivity contribution in [3.8, 4) is 0 Å². The summed E-state index contributed by atoms with van der Waals surface area (Å²) in [6, 6.07) is 0. The van der Waals surface area contributed by atoms with Crippen LogP contribution >= 0.6 is 28.3 Å². The minimum absolute atomic E-state index is 0. The van der Waals surface area contributed by atoms with Crippen LogP contribution in [0.1, 0.15) is 0 Å². The summed E-state index contributed by atoms with van der Waals surface area (Å²) in [4.78, 5) is 9.63. The summed E-state index contributed by atoms with van der Waals surface area (Å²) in [7, 11) is 0. The number of hydrogen-bond donors (Lipinski definition) is 2. The van der Waals surface area contributed by atoms with Gasteiger partial charge in [-0.1, -0.05) is 15.9 Å². The first-order valence-electron chi connectivity index (χ1n) is 1.80. The summed E-state index contributed by atoms with van der Waals surface area (Å²) in [5, 5.41) is 10.7. The molecule has 0 heterocycles. The van der Waals surface area contributed by atoms with Gasteiger partial charge in [0.25, 0.3) is 0 Å². The first-order chi connectivity index (χ1) is 3.27. The Morgan fingerprint density at radius 3 is 2.38 bits per heavy atom. The third-order valence-corrected chi connectivity index (χ3v) is 0.767. The third kappa shape index (κ3) is 9.40. The number of carboxylic acid groups (broad SMARTS) is 1. The second-order valence-electron chi connectivity index (χ2n) is 0.921. The highest BCUT2D eigenvalue weighted by Crippen LogP contribution is 1.73. The molecule has 8 heavy (non-hydrogen) atoms. The van der Waals surface area contributed by atoms with Crippen molar-refractivity contribution in [2.45, 2.75) is 0 Å². The molecule has 0 fully saturated rings. The van der Waals surface area contributed by atoms with Crippen molar-refractivity contribution >= 4 is 34.4 Å². The van der Waals surface area contributed by atoms with E-state index in [1.165, 1.54) is 0 Å². The van der Waals surface area contributed by atoms with E-state index >= 15 is 0 Å². The van der Waals surface area contributed by atoms with Crippen molar-refractivity contribution in [2.24, 2.45) is 0 Å². The zero-order valence-electron chi connectivity index (χ0n) is 4.06. The van der Waals surface area contributed by atoms with Gasteiger partial charge in [-0.15, -0.1) is 12.4 Å². The Kier molecular flexibility index (Phi) is 9.61. The lowest BCUT2D eigenvalue weighted by Crippen LogP contribution is -2.22. The van der Waals surface area contributed by atoms with Gasteiger partial charge in [0.05, 0.1) is 0 Å². The summed E-state index contributed by atoms with van der Waals surface area (Å²) in [6.45, 7) is 0.468. The molecule has 0 unspecified atom stereocenters. The number of nitrogens with one attached hydrogen (secondary N) is 1. The molecule has 0 rings (SSSR count). The van der Waals surface area contributed by atoms with Crippen LogP contribution in [0.5, 0.6) is 0 Å². The molecule has 0 radical (unpaired) electrons. The number of carbonyl (C=O) groups is 1. The number of halogens is 2. The minimum Gasteiger partial charge on any atom is -0.465 e. The molecule has 0 aliphatic carbocycles. The largest absolute Gasteiger partial charge is 0.465 e. The number of alkyl halides is 1. The van der Waals surface area contributed by atoms with Crippen LogP contribution in [0.3, 0.4) is 0 Å². The normalized spacial score (nSPS) is 7.12. The van der Waals surface area contributed by atoms with E-state index in [-0.39, 0.29) is 12.4 Å². The molecule has 0 bridgehead atoms. The number of rotatable bonds is 2. The van der Waals surface area contributed by atoms with Gasteiger partial charge in [-0.2, -0.15) is 0 Å². The Morgan fingerprint density at radius 1 is 1.75 bits per heavy atom. The van der Waals surface area contributed by atoms with Crippen LogP contribution < -0.4 is 5.32 Å². The summed E-state index contributed by atoms with van der Waals surface area (Å²) in [6.07, 6.45) is -0.973. The van der Waals surface area contributed by atoms with E-state index in [1.54, 1.807) is 0 Å². The fraction of sp³-hybridized carbons (Fsp3) is 0.667. The summed E-state index contributed by atoms with van der Waals surface area (Å²) >= 11 is 3.05. The number of hydrogen-bond acceptors (Lipinski definition) is 1. The maximum atomic E-state index is 9.63. The van der Waals surface area contributed by atoms with Crippen LogP contribution in [0.25, 0.3) is 0 Å². The second-order valence-corrected chi connectivity index (χ2v) is 1.71. The third-order valence-electron chi connectivity index (χ3n) is 0.371. The number of amides is 1. The zero-order valence-corrected chi connectivity index (χ0v) is 6.46. The highest BCUT2D eigenvalue weighted by molar-refractivity contribution is 9.09. The van der Waals surface area contributed by atoms with Crippen LogP contribution in [0, 0.1) is 0 Å².